The summed E-state index contributed by atoms with van der Waals surface area (Å²) in [5.74, 6) is 2.02. The summed E-state index contributed by atoms with van der Waals surface area (Å²) in [6.45, 7) is 4.76. The number of rotatable bonds is 5. The van der Waals surface area contributed by atoms with Crippen LogP contribution in [0.5, 0.6) is 5.75 Å². The number of hydrogen-bond donors (Lipinski definition) is 2. The number of nitrogens with one attached hydrogen (secondary N) is 1. The number of aromatic nitrogens is 2. The third-order valence-corrected chi connectivity index (χ3v) is 3.38. The summed E-state index contributed by atoms with van der Waals surface area (Å²) < 4.78 is 9.60. The minimum Gasteiger partial charge on any atom is -0.496 e. The number of nitrogen functional groups attached to an aromatic ring is 1. The summed E-state index contributed by atoms with van der Waals surface area (Å²) in [4.78, 5) is 4.43. The first-order chi connectivity index (χ1) is 9.10. The number of anilines is 2. The van der Waals surface area contributed by atoms with Crippen LogP contribution < -0.4 is 15.8 Å². The maximum Gasteiger partial charge on any atom is 0.202 e. The van der Waals surface area contributed by atoms with Crippen LogP contribution in [0.3, 0.4) is 0 Å². The zero-order valence-corrected chi connectivity index (χ0v) is 12.1. The first-order valence-electron chi connectivity index (χ1n) is 6.10. The zero-order valence-electron chi connectivity index (χ0n) is 11.3. The summed E-state index contributed by atoms with van der Waals surface area (Å²) in [6.07, 6.45) is 0. The van der Waals surface area contributed by atoms with Crippen LogP contribution in [0.4, 0.5) is 10.8 Å². The third kappa shape index (κ3) is 3.35. The summed E-state index contributed by atoms with van der Waals surface area (Å²) in [6, 6.07) is 5.59. The molecule has 3 N–H and O–H groups in total. The molecule has 102 valence electrons. The fraction of sp³-hybridized carbons (Fsp3) is 0.385. The maximum atomic E-state index is 5.79. The molecule has 0 saturated carbocycles. The molecule has 0 aliphatic rings. The lowest BCUT2D eigenvalue weighted by atomic mass is 10.2. The highest BCUT2D eigenvalue weighted by atomic mass is 32.1. The number of nitrogens with zero attached hydrogens (tertiary/aromatic N) is 2. The minimum atomic E-state index is 0.341. The average molecular weight is 278 g/mol. The Morgan fingerprint density at radius 1 is 1.42 bits per heavy atom. The molecule has 1 heterocycles. The largest absolute Gasteiger partial charge is 0.496 e. The van der Waals surface area contributed by atoms with Crippen molar-refractivity contribution in [3.8, 4) is 5.75 Å². The Bertz CT molecular complexity index is 553. The van der Waals surface area contributed by atoms with Crippen molar-refractivity contribution in [2.75, 3.05) is 18.2 Å². The van der Waals surface area contributed by atoms with Crippen LogP contribution in [0.1, 0.15) is 31.2 Å². The highest BCUT2D eigenvalue weighted by molar-refractivity contribution is 7.09. The maximum absolute atomic E-state index is 5.79. The number of ether oxygens (including phenoxy) is 1. The normalized spacial score (nSPS) is 10.7. The molecule has 0 radical (unpaired) electrons. The van der Waals surface area contributed by atoms with Gasteiger partial charge in [0.05, 0.1) is 7.11 Å². The van der Waals surface area contributed by atoms with Gasteiger partial charge in [0, 0.05) is 35.2 Å². The second kappa shape index (κ2) is 5.88. The van der Waals surface area contributed by atoms with Crippen molar-refractivity contribution in [2.45, 2.75) is 26.3 Å². The van der Waals surface area contributed by atoms with E-state index in [4.69, 9.17) is 10.5 Å². The standard InChI is InChI=1S/C13H18N4OS/c1-8(2)12-16-13(19-17-12)15-7-9-6-10(14)4-5-11(9)18-3/h4-6,8H,7,14H2,1-3H3,(H,15,16,17). The van der Waals surface area contributed by atoms with Gasteiger partial charge in [0.15, 0.2) is 0 Å². The molecule has 0 unspecified atom stereocenters. The number of hydrogen-bond acceptors (Lipinski definition) is 6. The fourth-order valence-electron chi connectivity index (χ4n) is 1.65. The van der Waals surface area contributed by atoms with Gasteiger partial charge in [0.25, 0.3) is 0 Å². The van der Waals surface area contributed by atoms with Crippen LogP contribution in [0.2, 0.25) is 0 Å². The van der Waals surface area contributed by atoms with Crippen LogP contribution in [0, 0.1) is 0 Å². The van der Waals surface area contributed by atoms with Gasteiger partial charge in [-0.3, -0.25) is 0 Å². The van der Waals surface area contributed by atoms with Crippen LogP contribution in [-0.4, -0.2) is 16.5 Å². The van der Waals surface area contributed by atoms with E-state index in [-0.39, 0.29) is 0 Å². The summed E-state index contributed by atoms with van der Waals surface area (Å²) in [5, 5.41) is 4.06. The van der Waals surface area contributed by atoms with Gasteiger partial charge in [-0.25, -0.2) is 4.98 Å². The van der Waals surface area contributed by atoms with E-state index < -0.39 is 0 Å². The molecule has 19 heavy (non-hydrogen) atoms. The van der Waals surface area contributed by atoms with E-state index in [1.807, 2.05) is 18.2 Å². The highest BCUT2D eigenvalue weighted by Crippen LogP contribution is 2.23. The van der Waals surface area contributed by atoms with Gasteiger partial charge in [0.1, 0.15) is 11.6 Å². The number of benzene rings is 1. The molecule has 6 heteroatoms. The van der Waals surface area contributed by atoms with E-state index in [1.165, 1.54) is 11.5 Å². The monoisotopic (exact) mass is 278 g/mol. The van der Waals surface area contributed by atoms with Crippen LogP contribution >= 0.6 is 11.5 Å². The van der Waals surface area contributed by atoms with E-state index in [2.05, 4.69) is 28.5 Å². The van der Waals surface area contributed by atoms with Crippen molar-refractivity contribution in [3.63, 3.8) is 0 Å². The van der Waals surface area contributed by atoms with E-state index in [0.717, 1.165) is 28.0 Å². The van der Waals surface area contributed by atoms with Gasteiger partial charge >= 0.3 is 0 Å². The predicted octanol–water partition coefficient (Wildman–Crippen LogP) is 2.86. The molecule has 2 rings (SSSR count). The number of nitrogens with two attached hydrogens (primary N) is 1. The molecule has 0 aliphatic carbocycles. The lowest BCUT2D eigenvalue weighted by Crippen LogP contribution is -2.02. The first-order valence-corrected chi connectivity index (χ1v) is 6.87. The molecule has 0 fully saturated rings. The Balaban J connectivity index is 2.07. The average Bonchev–Trinajstić information content (AvgIpc) is 2.85. The predicted molar refractivity (Wildman–Crippen MR) is 78.7 cm³/mol. The van der Waals surface area contributed by atoms with Gasteiger partial charge in [0.2, 0.25) is 5.13 Å². The molecule has 5 nitrogen and oxygen atoms in total. The smallest absolute Gasteiger partial charge is 0.202 e. The minimum absolute atomic E-state index is 0.341. The van der Waals surface area contributed by atoms with E-state index in [9.17, 15) is 0 Å². The SMILES string of the molecule is COc1ccc(N)cc1CNc1nc(C(C)C)ns1. The Hall–Kier alpha value is -1.82. The summed E-state index contributed by atoms with van der Waals surface area (Å²) >= 11 is 1.37. The molecule has 0 spiro atoms. The zero-order chi connectivity index (χ0) is 13.8. The van der Waals surface area contributed by atoms with Crippen molar-refractivity contribution in [1.29, 1.82) is 0 Å². The second-order valence-corrected chi connectivity index (χ2v) is 5.29. The molecule has 2 aromatic rings. The Morgan fingerprint density at radius 2 is 2.21 bits per heavy atom. The first kappa shape index (κ1) is 13.6. The van der Waals surface area contributed by atoms with Crippen molar-refractivity contribution in [3.05, 3.63) is 29.6 Å². The van der Waals surface area contributed by atoms with E-state index in [1.54, 1.807) is 7.11 Å². The molecule has 1 aromatic carbocycles. The van der Waals surface area contributed by atoms with Crippen molar-refractivity contribution >= 4 is 22.4 Å². The van der Waals surface area contributed by atoms with Gasteiger partial charge in [-0.2, -0.15) is 4.37 Å². The van der Waals surface area contributed by atoms with E-state index >= 15 is 0 Å². The fourth-order valence-corrected chi connectivity index (χ4v) is 2.35. The van der Waals surface area contributed by atoms with Gasteiger partial charge in [-0.1, -0.05) is 13.8 Å². The topological polar surface area (TPSA) is 73.1 Å². The van der Waals surface area contributed by atoms with Gasteiger partial charge in [-0.05, 0) is 18.2 Å². The second-order valence-electron chi connectivity index (χ2n) is 4.54. The quantitative estimate of drug-likeness (QED) is 0.823. The lowest BCUT2D eigenvalue weighted by Gasteiger charge is -2.09. The molecule has 0 saturated heterocycles. The molecule has 0 atom stereocenters. The summed E-state index contributed by atoms with van der Waals surface area (Å²) in [5.41, 5.74) is 7.51. The molecule has 0 aliphatic heterocycles. The van der Waals surface area contributed by atoms with Gasteiger partial charge < -0.3 is 15.8 Å². The Morgan fingerprint density at radius 3 is 2.84 bits per heavy atom. The Labute approximate surface area is 117 Å². The summed E-state index contributed by atoms with van der Waals surface area (Å²) in [7, 11) is 1.65. The lowest BCUT2D eigenvalue weighted by molar-refractivity contribution is 0.410. The number of methoxy groups -OCH3 is 1. The van der Waals surface area contributed by atoms with Gasteiger partial charge in [-0.15, -0.1) is 0 Å². The van der Waals surface area contributed by atoms with Crippen molar-refractivity contribution < 1.29 is 4.74 Å². The van der Waals surface area contributed by atoms with Crippen LogP contribution in [0.15, 0.2) is 18.2 Å². The molecular weight excluding hydrogens is 260 g/mol. The van der Waals surface area contributed by atoms with Crippen molar-refractivity contribution in [1.82, 2.24) is 9.36 Å². The molecule has 1 aromatic heterocycles. The van der Waals surface area contributed by atoms with Crippen LogP contribution in [0.25, 0.3) is 0 Å². The molecule has 0 amide bonds. The van der Waals surface area contributed by atoms with E-state index in [0.29, 0.717) is 12.5 Å². The highest BCUT2D eigenvalue weighted by Gasteiger charge is 2.08. The molecular formula is C13H18N4OS. The van der Waals surface area contributed by atoms with Crippen LogP contribution in [-0.2, 0) is 6.54 Å². The third-order valence-electron chi connectivity index (χ3n) is 2.69. The Kier molecular flexibility index (Phi) is 4.21. The van der Waals surface area contributed by atoms with Crippen molar-refractivity contribution in [2.24, 2.45) is 0 Å². The molecule has 0 bridgehead atoms.